The second-order valence-electron chi connectivity index (χ2n) is 4.86. The zero-order chi connectivity index (χ0) is 13.3. The molecule has 1 N–H and O–H groups in total. The quantitative estimate of drug-likeness (QED) is 0.874. The Bertz CT molecular complexity index is 535. The molecular formula is C16H19NO. The molecule has 1 atom stereocenters. The number of aryl methyl sites for hydroxylation is 2. The van der Waals surface area contributed by atoms with Gasteiger partial charge in [0.1, 0.15) is 6.10 Å². The van der Waals surface area contributed by atoms with Crippen LogP contribution >= 0.6 is 0 Å². The predicted octanol–water partition coefficient (Wildman–Crippen LogP) is 3.40. The number of nitrogens with zero attached hydrogens (tertiary/aromatic N) is 1. The first-order valence-electron chi connectivity index (χ1n) is 6.17. The van der Waals surface area contributed by atoms with Gasteiger partial charge in [0.15, 0.2) is 0 Å². The summed E-state index contributed by atoms with van der Waals surface area (Å²) in [6.45, 7) is 8.32. The molecule has 2 nitrogen and oxygen atoms in total. The highest BCUT2D eigenvalue weighted by Crippen LogP contribution is 2.31. The van der Waals surface area contributed by atoms with E-state index in [2.05, 4.69) is 38.7 Å². The van der Waals surface area contributed by atoms with Gasteiger partial charge in [-0.05, 0) is 73.2 Å². The number of aromatic nitrogens is 1. The van der Waals surface area contributed by atoms with E-state index in [1.54, 1.807) is 12.4 Å². The summed E-state index contributed by atoms with van der Waals surface area (Å²) in [7, 11) is 0. The Morgan fingerprint density at radius 2 is 1.44 bits per heavy atom. The third-order valence-corrected chi connectivity index (χ3v) is 3.72. The second kappa shape index (κ2) is 4.91. The Balaban J connectivity index is 2.58. The van der Waals surface area contributed by atoms with E-state index in [0.717, 1.165) is 11.1 Å². The van der Waals surface area contributed by atoms with Crippen LogP contribution in [-0.2, 0) is 0 Å². The number of benzene rings is 1. The van der Waals surface area contributed by atoms with E-state index >= 15 is 0 Å². The highest BCUT2D eigenvalue weighted by atomic mass is 16.3. The van der Waals surface area contributed by atoms with Gasteiger partial charge in [0, 0.05) is 12.4 Å². The summed E-state index contributed by atoms with van der Waals surface area (Å²) in [5.74, 6) is 0. The van der Waals surface area contributed by atoms with Gasteiger partial charge in [-0.3, -0.25) is 4.98 Å². The standard InChI is InChI=1S/C16H19NO/c1-10-9-11(2)13(4)15(12(10)3)16(18)14-5-7-17-8-6-14/h5-9,16,18H,1-4H3. The van der Waals surface area contributed by atoms with E-state index in [-0.39, 0.29) is 0 Å². The molecule has 94 valence electrons. The van der Waals surface area contributed by atoms with Crippen molar-refractivity contribution in [1.82, 2.24) is 4.98 Å². The van der Waals surface area contributed by atoms with Crippen molar-refractivity contribution in [3.05, 3.63) is 64.0 Å². The topological polar surface area (TPSA) is 33.1 Å². The number of pyridine rings is 1. The lowest BCUT2D eigenvalue weighted by atomic mass is 9.88. The van der Waals surface area contributed by atoms with Gasteiger partial charge in [-0.25, -0.2) is 0 Å². The molecule has 18 heavy (non-hydrogen) atoms. The van der Waals surface area contributed by atoms with Crippen LogP contribution in [0.3, 0.4) is 0 Å². The third-order valence-electron chi connectivity index (χ3n) is 3.72. The van der Waals surface area contributed by atoms with Crippen LogP contribution in [0.4, 0.5) is 0 Å². The minimum atomic E-state index is -0.577. The molecule has 1 heterocycles. The summed E-state index contributed by atoms with van der Waals surface area (Å²) in [4.78, 5) is 3.99. The first-order valence-corrected chi connectivity index (χ1v) is 6.17. The van der Waals surface area contributed by atoms with Gasteiger partial charge in [-0.1, -0.05) is 6.07 Å². The summed E-state index contributed by atoms with van der Waals surface area (Å²) in [6.07, 6.45) is 2.85. The molecule has 0 aliphatic rings. The summed E-state index contributed by atoms with van der Waals surface area (Å²) >= 11 is 0. The summed E-state index contributed by atoms with van der Waals surface area (Å²) < 4.78 is 0. The predicted molar refractivity (Wildman–Crippen MR) is 73.7 cm³/mol. The SMILES string of the molecule is Cc1cc(C)c(C)c(C(O)c2ccncc2)c1C. The maximum absolute atomic E-state index is 10.6. The van der Waals surface area contributed by atoms with Crippen molar-refractivity contribution in [2.45, 2.75) is 33.8 Å². The largest absolute Gasteiger partial charge is 0.384 e. The fourth-order valence-corrected chi connectivity index (χ4v) is 2.37. The average Bonchev–Trinajstić information content (AvgIpc) is 2.37. The first kappa shape index (κ1) is 12.8. The molecule has 0 radical (unpaired) electrons. The molecular weight excluding hydrogens is 222 g/mol. The molecule has 2 heteroatoms. The number of hydrogen-bond donors (Lipinski definition) is 1. The first-order chi connectivity index (χ1) is 8.52. The monoisotopic (exact) mass is 241 g/mol. The van der Waals surface area contributed by atoms with E-state index < -0.39 is 6.10 Å². The summed E-state index contributed by atoms with van der Waals surface area (Å²) in [6, 6.07) is 5.90. The number of hydrogen-bond acceptors (Lipinski definition) is 2. The minimum absolute atomic E-state index is 0.577. The van der Waals surface area contributed by atoms with Crippen molar-refractivity contribution < 1.29 is 5.11 Å². The maximum Gasteiger partial charge on any atom is 0.105 e. The number of aliphatic hydroxyl groups excluding tert-OH is 1. The molecule has 0 bridgehead atoms. The van der Waals surface area contributed by atoms with Crippen molar-refractivity contribution in [2.75, 3.05) is 0 Å². The molecule has 2 rings (SSSR count). The van der Waals surface area contributed by atoms with Crippen LogP contribution in [0.25, 0.3) is 0 Å². The molecule has 1 aromatic carbocycles. The van der Waals surface area contributed by atoms with Gasteiger partial charge in [0.2, 0.25) is 0 Å². The Morgan fingerprint density at radius 3 is 1.94 bits per heavy atom. The molecule has 0 aliphatic carbocycles. The van der Waals surface area contributed by atoms with Crippen molar-refractivity contribution >= 4 is 0 Å². The second-order valence-corrected chi connectivity index (χ2v) is 4.86. The Kier molecular flexibility index (Phi) is 3.48. The van der Waals surface area contributed by atoms with E-state index in [1.165, 1.54) is 22.3 Å². The van der Waals surface area contributed by atoms with Crippen molar-refractivity contribution in [2.24, 2.45) is 0 Å². The zero-order valence-electron chi connectivity index (χ0n) is 11.4. The maximum atomic E-state index is 10.6. The lowest BCUT2D eigenvalue weighted by Crippen LogP contribution is -2.07. The van der Waals surface area contributed by atoms with Crippen LogP contribution in [0.15, 0.2) is 30.6 Å². The van der Waals surface area contributed by atoms with Gasteiger partial charge in [-0.2, -0.15) is 0 Å². The van der Waals surface area contributed by atoms with E-state index in [4.69, 9.17) is 0 Å². The molecule has 0 saturated carbocycles. The smallest absolute Gasteiger partial charge is 0.105 e. The van der Waals surface area contributed by atoms with Crippen LogP contribution < -0.4 is 0 Å². The molecule has 0 saturated heterocycles. The molecule has 0 fully saturated rings. The fourth-order valence-electron chi connectivity index (χ4n) is 2.37. The zero-order valence-corrected chi connectivity index (χ0v) is 11.4. The summed E-state index contributed by atoms with van der Waals surface area (Å²) in [5, 5.41) is 10.6. The average molecular weight is 241 g/mol. The molecule has 0 spiro atoms. The van der Waals surface area contributed by atoms with Crippen molar-refractivity contribution in [3.63, 3.8) is 0 Å². The molecule has 1 unspecified atom stereocenters. The highest BCUT2D eigenvalue weighted by Gasteiger charge is 2.17. The summed E-state index contributed by atoms with van der Waals surface area (Å²) in [5.41, 5.74) is 6.70. The van der Waals surface area contributed by atoms with E-state index in [1.807, 2.05) is 12.1 Å². The Labute approximate surface area is 108 Å². The minimum Gasteiger partial charge on any atom is -0.384 e. The van der Waals surface area contributed by atoms with Gasteiger partial charge in [-0.15, -0.1) is 0 Å². The van der Waals surface area contributed by atoms with Gasteiger partial charge in [0.25, 0.3) is 0 Å². The van der Waals surface area contributed by atoms with Crippen LogP contribution in [0.2, 0.25) is 0 Å². The van der Waals surface area contributed by atoms with Crippen molar-refractivity contribution in [3.8, 4) is 0 Å². The lowest BCUT2D eigenvalue weighted by Gasteiger charge is -2.20. The highest BCUT2D eigenvalue weighted by molar-refractivity contribution is 5.47. The Morgan fingerprint density at radius 1 is 0.944 bits per heavy atom. The van der Waals surface area contributed by atoms with Crippen LogP contribution in [0.5, 0.6) is 0 Å². The molecule has 2 aromatic rings. The van der Waals surface area contributed by atoms with Crippen molar-refractivity contribution in [1.29, 1.82) is 0 Å². The fraction of sp³-hybridized carbons (Fsp3) is 0.312. The number of rotatable bonds is 2. The Hall–Kier alpha value is -1.67. The molecule has 0 amide bonds. The van der Waals surface area contributed by atoms with Gasteiger partial charge >= 0.3 is 0 Å². The third kappa shape index (κ3) is 2.16. The molecule has 0 aliphatic heterocycles. The molecule has 1 aromatic heterocycles. The van der Waals surface area contributed by atoms with Crippen LogP contribution in [0, 0.1) is 27.7 Å². The van der Waals surface area contributed by atoms with E-state index in [9.17, 15) is 5.11 Å². The van der Waals surface area contributed by atoms with E-state index in [0.29, 0.717) is 0 Å². The number of aliphatic hydroxyl groups is 1. The van der Waals surface area contributed by atoms with Gasteiger partial charge in [0.05, 0.1) is 0 Å². The van der Waals surface area contributed by atoms with Crippen LogP contribution in [-0.4, -0.2) is 10.1 Å². The lowest BCUT2D eigenvalue weighted by molar-refractivity contribution is 0.218. The normalized spacial score (nSPS) is 12.5. The van der Waals surface area contributed by atoms with Crippen LogP contribution in [0.1, 0.15) is 39.5 Å². The van der Waals surface area contributed by atoms with Gasteiger partial charge < -0.3 is 5.11 Å².